The first-order valence-electron chi connectivity index (χ1n) is 8.43. The molecule has 0 bridgehead atoms. The van der Waals surface area contributed by atoms with E-state index in [0.717, 1.165) is 22.1 Å². The van der Waals surface area contributed by atoms with E-state index >= 15 is 0 Å². The first-order chi connectivity index (χ1) is 12.1. The summed E-state index contributed by atoms with van der Waals surface area (Å²) in [6.45, 7) is 5.06. The molecule has 0 aliphatic rings. The monoisotopic (exact) mass is 340 g/mol. The van der Waals surface area contributed by atoms with Crippen molar-refractivity contribution in [3.05, 3.63) is 60.2 Å². The van der Waals surface area contributed by atoms with Crippen LogP contribution in [0.4, 0.5) is 0 Å². The van der Waals surface area contributed by atoms with Crippen LogP contribution in [-0.2, 0) is 10.3 Å². The highest BCUT2D eigenvalue weighted by atomic mass is 16.5. The van der Waals surface area contributed by atoms with E-state index < -0.39 is 5.60 Å². The second kappa shape index (κ2) is 7.25. The number of fused-ring (bicyclic) bond motifs is 1. The van der Waals surface area contributed by atoms with Gasteiger partial charge in [-0.2, -0.15) is 0 Å². The fraction of sp³-hybridized carbons (Fsp3) is 0.350. The lowest BCUT2D eigenvalue weighted by molar-refractivity contribution is 0.0281. The van der Waals surface area contributed by atoms with Crippen molar-refractivity contribution in [1.82, 2.24) is 9.97 Å². The molecule has 0 saturated heterocycles. The van der Waals surface area contributed by atoms with E-state index in [9.17, 15) is 5.11 Å². The number of aromatic nitrogens is 2. The van der Waals surface area contributed by atoms with Crippen molar-refractivity contribution in [2.75, 3.05) is 20.3 Å². The molecule has 0 saturated carbocycles. The summed E-state index contributed by atoms with van der Waals surface area (Å²) in [5, 5.41) is 13.5. The first-order valence-corrected chi connectivity index (χ1v) is 8.43. The molecule has 25 heavy (non-hydrogen) atoms. The number of ether oxygens (including phenoxy) is 2. The smallest absolute Gasteiger partial charge is 0.135 e. The SMILES string of the molecule is COCCOc1ccc2cc(C(O)(c3c[nH]cn3)C(C)C)ccc2c1. The number of methoxy groups -OCH3 is 1. The molecule has 0 aliphatic carbocycles. The molecule has 0 amide bonds. The Hall–Kier alpha value is -2.37. The summed E-state index contributed by atoms with van der Waals surface area (Å²) in [5.41, 5.74) is 0.318. The standard InChI is InChI=1S/C20H24N2O3/c1-14(2)20(23,19-12-21-13-22-19)17-6-4-16-11-18(25-9-8-24-3)7-5-15(16)10-17/h4-7,10-14,23H,8-9H2,1-3H3,(H,21,22). The number of rotatable bonds is 7. The van der Waals surface area contributed by atoms with Gasteiger partial charge in [-0.25, -0.2) is 4.98 Å². The third-order valence-electron chi connectivity index (χ3n) is 4.53. The fourth-order valence-electron chi connectivity index (χ4n) is 3.04. The lowest BCUT2D eigenvalue weighted by atomic mass is 9.80. The Morgan fingerprint density at radius 3 is 2.56 bits per heavy atom. The van der Waals surface area contributed by atoms with E-state index in [1.54, 1.807) is 19.6 Å². The Morgan fingerprint density at radius 1 is 1.12 bits per heavy atom. The average molecular weight is 340 g/mol. The van der Waals surface area contributed by atoms with Crippen LogP contribution in [0.1, 0.15) is 25.1 Å². The number of nitrogens with zero attached hydrogens (tertiary/aromatic N) is 1. The second-order valence-corrected chi connectivity index (χ2v) is 6.44. The van der Waals surface area contributed by atoms with Crippen LogP contribution in [0.15, 0.2) is 48.9 Å². The molecule has 1 heterocycles. The number of hydrogen-bond donors (Lipinski definition) is 2. The van der Waals surface area contributed by atoms with Crippen molar-refractivity contribution in [3.8, 4) is 5.75 Å². The van der Waals surface area contributed by atoms with Gasteiger partial charge in [-0.3, -0.25) is 0 Å². The van der Waals surface area contributed by atoms with E-state index in [1.807, 2.05) is 50.2 Å². The van der Waals surface area contributed by atoms with Gasteiger partial charge in [0.05, 0.1) is 18.6 Å². The van der Waals surface area contributed by atoms with Gasteiger partial charge in [0.1, 0.15) is 18.0 Å². The molecular formula is C20H24N2O3. The van der Waals surface area contributed by atoms with Gasteiger partial charge < -0.3 is 19.6 Å². The quantitative estimate of drug-likeness (QED) is 0.646. The molecule has 1 unspecified atom stereocenters. The predicted octanol–water partition coefficient (Wildman–Crippen LogP) is 3.48. The Morgan fingerprint density at radius 2 is 1.88 bits per heavy atom. The Labute approximate surface area is 147 Å². The third-order valence-corrected chi connectivity index (χ3v) is 4.53. The minimum Gasteiger partial charge on any atom is -0.491 e. The highest BCUT2D eigenvalue weighted by Gasteiger charge is 2.37. The second-order valence-electron chi connectivity index (χ2n) is 6.44. The summed E-state index contributed by atoms with van der Waals surface area (Å²) in [6, 6.07) is 11.9. The maximum absolute atomic E-state index is 11.4. The number of aromatic amines is 1. The zero-order chi connectivity index (χ0) is 17.9. The van der Waals surface area contributed by atoms with Crippen LogP contribution in [-0.4, -0.2) is 35.4 Å². The Bertz CT molecular complexity index is 830. The van der Waals surface area contributed by atoms with Gasteiger partial charge in [0.25, 0.3) is 0 Å². The van der Waals surface area contributed by atoms with Gasteiger partial charge in [-0.15, -0.1) is 0 Å². The van der Waals surface area contributed by atoms with E-state index in [2.05, 4.69) is 9.97 Å². The zero-order valence-corrected chi connectivity index (χ0v) is 14.8. The summed E-state index contributed by atoms with van der Waals surface area (Å²) in [4.78, 5) is 7.22. The van der Waals surface area contributed by atoms with Crippen LogP contribution in [0.3, 0.4) is 0 Å². The summed E-state index contributed by atoms with van der Waals surface area (Å²) in [7, 11) is 1.65. The molecule has 132 valence electrons. The van der Waals surface area contributed by atoms with Gasteiger partial charge in [0, 0.05) is 13.3 Å². The molecule has 1 atom stereocenters. The maximum atomic E-state index is 11.4. The number of hydrogen-bond acceptors (Lipinski definition) is 4. The van der Waals surface area contributed by atoms with Crippen molar-refractivity contribution in [2.24, 2.45) is 5.92 Å². The normalized spacial score (nSPS) is 14.0. The van der Waals surface area contributed by atoms with Crippen LogP contribution in [0.25, 0.3) is 10.8 Å². The van der Waals surface area contributed by atoms with Gasteiger partial charge >= 0.3 is 0 Å². The van der Waals surface area contributed by atoms with Crippen molar-refractivity contribution < 1.29 is 14.6 Å². The Balaban J connectivity index is 1.96. The number of H-pyrrole nitrogens is 1. The molecule has 1 aromatic heterocycles. The van der Waals surface area contributed by atoms with Crippen molar-refractivity contribution in [3.63, 3.8) is 0 Å². The number of nitrogens with one attached hydrogen (secondary N) is 1. The van der Waals surface area contributed by atoms with Crippen molar-refractivity contribution in [1.29, 1.82) is 0 Å². The van der Waals surface area contributed by atoms with E-state index in [0.29, 0.717) is 18.9 Å². The molecule has 2 N–H and O–H groups in total. The van der Waals surface area contributed by atoms with Gasteiger partial charge in [-0.1, -0.05) is 32.0 Å². The molecule has 0 fully saturated rings. The lowest BCUT2D eigenvalue weighted by Crippen LogP contribution is -2.33. The predicted molar refractivity (Wildman–Crippen MR) is 97.7 cm³/mol. The molecule has 0 radical (unpaired) electrons. The number of imidazole rings is 1. The van der Waals surface area contributed by atoms with Crippen LogP contribution in [0.5, 0.6) is 5.75 Å². The summed E-state index contributed by atoms with van der Waals surface area (Å²) in [6.07, 6.45) is 3.34. The van der Waals surface area contributed by atoms with Gasteiger partial charge in [0.15, 0.2) is 0 Å². The maximum Gasteiger partial charge on any atom is 0.135 e. The number of aliphatic hydroxyl groups is 1. The van der Waals surface area contributed by atoms with E-state index in [1.165, 1.54) is 0 Å². The Kier molecular flexibility index (Phi) is 5.06. The summed E-state index contributed by atoms with van der Waals surface area (Å²) < 4.78 is 10.7. The molecule has 0 spiro atoms. The minimum atomic E-state index is -1.14. The lowest BCUT2D eigenvalue weighted by Gasteiger charge is -2.31. The summed E-state index contributed by atoms with van der Waals surface area (Å²) in [5.74, 6) is 0.786. The van der Waals surface area contributed by atoms with Crippen LogP contribution >= 0.6 is 0 Å². The first kappa shape index (κ1) is 17.5. The van der Waals surface area contributed by atoms with E-state index in [4.69, 9.17) is 9.47 Å². The summed E-state index contributed by atoms with van der Waals surface area (Å²) >= 11 is 0. The third kappa shape index (κ3) is 3.38. The molecular weight excluding hydrogens is 316 g/mol. The van der Waals surface area contributed by atoms with Crippen LogP contribution in [0.2, 0.25) is 0 Å². The zero-order valence-electron chi connectivity index (χ0n) is 14.8. The van der Waals surface area contributed by atoms with Crippen molar-refractivity contribution in [2.45, 2.75) is 19.4 Å². The number of benzene rings is 2. The molecule has 2 aromatic carbocycles. The van der Waals surface area contributed by atoms with E-state index in [-0.39, 0.29) is 5.92 Å². The molecule has 3 rings (SSSR count). The van der Waals surface area contributed by atoms with Gasteiger partial charge in [0.2, 0.25) is 0 Å². The molecule has 3 aromatic rings. The minimum absolute atomic E-state index is 0.0232. The van der Waals surface area contributed by atoms with Crippen LogP contribution < -0.4 is 4.74 Å². The highest BCUT2D eigenvalue weighted by molar-refractivity contribution is 5.84. The molecule has 5 heteroatoms. The van der Waals surface area contributed by atoms with Crippen molar-refractivity contribution >= 4 is 10.8 Å². The molecule has 5 nitrogen and oxygen atoms in total. The van der Waals surface area contributed by atoms with Crippen LogP contribution in [0, 0.1) is 5.92 Å². The average Bonchev–Trinajstić information content (AvgIpc) is 3.15. The molecule has 0 aliphatic heterocycles. The topological polar surface area (TPSA) is 67.4 Å². The van der Waals surface area contributed by atoms with Gasteiger partial charge in [-0.05, 0) is 40.5 Å². The largest absolute Gasteiger partial charge is 0.491 e. The highest BCUT2D eigenvalue weighted by Crippen LogP contribution is 2.37. The fourth-order valence-corrected chi connectivity index (χ4v) is 3.04.